The second-order valence-corrected chi connectivity index (χ2v) is 11.9. The quantitative estimate of drug-likeness (QED) is 0.339. The van der Waals surface area contributed by atoms with Gasteiger partial charge in [0.2, 0.25) is 0 Å². The van der Waals surface area contributed by atoms with Crippen molar-refractivity contribution in [2.24, 2.45) is 0 Å². The molecule has 11 heteroatoms. The first-order valence-electron chi connectivity index (χ1n) is 11.9. The largest absolute Gasteiger partial charge is 0.340 e. The van der Waals surface area contributed by atoms with Gasteiger partial charge >= 0.3 is 0 Å². The molecule has 1 aromatic carbocycles. The van der Waals surface area contributed by atoms with Crippen molar-refractivity contribution in [2.75, 3.05) is 31.0 Å². The summed E-state index contributed by atoms with van der Waals surface area (Å²) in [5, 5.41) is 20.4. The van der Waals surface area contributed by atoms with Crippen LogP contribution in [0.2, 0.25) is 0 Å². The summed E-state index contributed by atoms with van der Waals surface area (Å²) in [6, 6.07) is 13.6. The van der Waals surface area contributed by atoms with Gasteiger partial charge in [-0.2, -0.15) is 14.9 Å². The minimum Gasteiger partial charge on any atom is -0.340 e. The van der Waals surface area contributed by atoms with Gasteiger partial charge in [0, 0.05) is 30.8 Å². The number of hydrogen-bond acceptors (Lipinski definition) is 9. The fraction of sp³-hybridized carbons (Fsp3) is 0.308. The third-order valence-electron chi connectivity index (χ3n) is 6.02. The number of aromatic nitrogens is 4. The molecule has 5 rings (SSSR count). The van der Waals surface area contributed by atoms with Crippen LogP contribution in [0.1, 0.15) is 41.0 Å². The normalized spacial score (nSPS) is 13.6. The van der Waals surface area contributed by atoms with Crippen LogP contribution >= 0.6 is 0 Å². The summed E-state index contributed by atoms with van der Waals surface area (Å²) in [4.78, 5) is 11.2. The zero-order valence-corrected chi connectivity index (χ0v) is 21.7. The van der Waals surface area contributed by atoms with E-state index < -0.39 is 9.84 Å². The molecule has 0 aliphatic heterocycles. The molecular weight excluding hydrogens is 488 g/mol. The third kappa shape index (κ3) is 5.87. The van der Waals surface area contributed by atoms with E-state index >= 15 is 0 Å². The van der Waals surface area contributed by atoms with Gasteiger partial charge in [-0.1, -0.05) is 12.1 Å². The zero-order chi connectivity index (χ0) is 26.2. The van der Waals surface area contributed by atoms with Gasteiger partial charge in [0.1, 0.15) is 29.1 Å². The van der Waals surface area contributed by atoms with Gasteiger partial charge in [0.05, 0.1) is 11.9 Å². The number of nitrogens with zero attached hydrogens (tertiary/aromatic N) is 6. The predicted molar refractivity (Wildman–Crippen MR) is 143 cm³/mol. The Kier molecular flexibility index (Phi) is 6.54. The van der Waals surface area contributed by atoms with Gasteiger partial charge in [-0.15, -0.1) is 0 Å². The smallest absolute Gasteiger partial charge is 0.177 e. The van der Waals surface area contributed by atoms with Crippen molar-refractivity contribution in [1.82, 2.24) is 24.5 Å². The minimum atomic E-state index is -3.19. The van der Waals surface area contributed by atoms with E-state index in [1.54, 1.807) is 10.6 Å². The van der Waals surface area contributed by atoms with Crippen LogP contribution in [0.25, 0.3) is 5.65 Å². The number of nitrogens with one attached hydrogen (secondary N) is 2. The average molecular weight is 517 g/mol. The highest BCUT2D eigenvalue weighted by Gasteiger charge is 2.27. The molecule has 4 aromatic rings. The lowest BCUT2D eigenvalue weighted by atomic mass is 10.0. The van der Waals surface area contributed by atoms with Crippen LogP contribution in [-0.2, 0) is 22.1 Å². The van der Waals surface area contributed by atoms with Crippen LogP contribution in [0, 0.1) is 11.3 Å². The fourth-order valence-corrected chi connectivity index (χ4v) is 5.13. The minimum absolute atomic E-state index is 0.00961. The molecule has 3 aromatic heterocycles. The molecule has 0 bridgehead atoms. The average Bonchev–Trinajstić information content (AvgIpc) is 3.58. The van der Waals surface area contributed by atoms with Crippen molar-refractivity contribution in [3.8, 4) is 6.07 Å². The number of sulfone groups is 1. The highest BCUT2D eigenvalue weighted by atomic mass is 32.2. The van der Waals surface area contributed by atoms with Crippen molar-refractivity contribution in [2.45, 2.75) is 31.1 Å². The Morgan fingerprint density at radius 2 is 1.92 bits per heavy atom. The highest BCUT2D eigenvalue weighted by Crippen LogP contribution is 2.42. The highest BCUT2D eigenvalue weighted by molar-refractivity contribution is 7.89. The van der Waals surface area contributed by atoms with E-state index in [-0.39, 0.29) is 5.75 Å². The molecular formula is C26H28N8O2S. The Labute approximate surface area is 215 Å². The second kappa shape index (κ2) is 9.80. The molecule has 0 spiro atoms. The van der Waals surface area contributed by atoms with Crippen molar-refractivity contribution in [3.05, 3.63) is 71.0 Å². The van der Waals surface area contributed by atoms with E-state index in [1.807, 2.05) is 50.6 Å². The molecule has 1 aliphatic rings. The van der Waals surface area contributed by atoms with Gasteiger partial charge in [-0.25, -0.2) is 18.4 Å². The monoisotopic (exact) mass is 516 g/mol. The third-order valence-corrected chi connectivity index (χ3v) is 6.86. The standard InChI is InChI=1S/C26H28N8O2S/c1-33(2)15-17-4-9-23(28-13-17)31-25-11-24(32-26-20(12-27)14-29-34(25)26)30-21-7-8-22(18-5-6-18)19(10-21)16-37(3,35)36/h4,7-11,13-14,18H,5-6,15-16H2,1-3H3,(H,28,31)(H,30,32). The molecule has 190 valence electrons. The lowest BCUT2D eigenvalue weighted by Crippen LogP contribution is -2.11. The summed E-state index contributed by atoms with van der Waals surface area (Å²) in [7, 11) is 0.818. The molecule has 3 heterocycles. The van der Waals surface area contributed by atoms with Crippen LogP contribution in [0.5, 0.6) is 0 Å². The summed E-state index contributed by atoms with van der Waals surface area (Å²) in [6.45, 7) is 0.784. The first-order valence-corrected chi connectivity index (χ1v) is 14.0. The van der Waals surface area contributed by atoms with Gasteiger partial charge in [0.15, 0.2) is 15.5 Å². The molecule has 1 aliphatic carbocycles. The van der Waals surface area contributed by atoms with E-state index in [0.29, 0.717) is 34.6 Å². The summed E-state index contributed by atoms with van der Waals surface area (Å²) >= 11 is 0. The predicted octanol–water partition coefficient (Wildman–Crippen LogP) is 3.97. The van der Waals surface area contributed by atoms with Crippen molar-refractivity contribution < 1.29 is 8.42 Å². The Hall–Kier alpha value is -4.01. The summed E-state index contributed by atoms with van der Waals surface area (Å²) in [6.07, 6.45) is 6.70. The van der Waals surface area contributed by atoms with Gasteiger partial charge in [-0.05, 0) is 67.7 Å². The lowest BCUT2D eigenvalue weighted by molar-refractivity contribution is 0.402. The SMILES string of the molecule is CN(C)Cc1ccc(Nc2cc(Nc3ccc(C4CC4)c(CS(C)(=O)=O)c3)nc3c(C#N)cnn23)nc1. The van der Waals surface area contributed by atoms with Gasteiger partial charge in [-0.3, -0.25) is 0 Å². The summed E-state index contributed by atoms with van der Waals surface area (Å²) < 4.78 is 25.7. The van der Waals surface area contributed by atoms with Crippen LogP contribution in [0.15, 0.2) is 48.8 Å². The van der Waals surface area contributed by atoms with E-state index in [0.717, 1.165) is 41.8 Å². The zero-order valence-electron chi connectivity index (χ0n) is 20.9. The molecule has 0 unspecified atom stereocenters. The molecule has 0 atom stereocenters. The summed E-state index contributed by atoms with van der Waals surface area (Å²) in [5.74, 6) is 2.11. The van der Waals surface area contributed by atoms with Crippen LogP contribution in [0.4, 0.5) is 23.1 Å². The van der Waals surface area contributed by atoms with Crippen molar-refractivity contribution in [3.63, 3.8) is 0 Å². The van der Waals surface area contributed by atoms with Crippen molar-refractivity contribution in [1.29, 1.82) is 5.26 Å². The summed E-state index contributed by atoms with van der Waals surface area (Å²) in [5.41, 5.74) is 4.43. The molecule has 0 radical (unpaired) electrons. The van der Waals surface area contributed by atoms with Crippen molar-refractivity contribution >= 4 is 38.6 Å². The molecule has 1 saturated carbocycles. The number of benzene rings is 1. The Morgan fingerprint density at radius 3 is 2.57 bits per heavy atom. The van der Waals surface area contributed by atoms with Crippen LogP contribution in [0.3, 0.4) is 0 Å². The van der Waals surface area contributed by atoms with E-state index in [9.17, 15) is 13.7 Å². The maximum atomic E-state index is 12.1. The lowest BCUT2D eigenvalue weighted by Gasteiger charge is -2.14. The first kappa shape index (κ1) is 24.7. The second-order valence-electron chi connectivity index (χ2n) is 9.73. The van der Waals surface area contributed by atoms with Crippen LogP contribution < -0.4 is 10.6 Å². The van der Waals surface area contributed by atoms with Gasteiger partial charge < -0.3 is 15.5 Å². The van der Waals surface area contributed by atoms with Gasteiger partial charge in [0.25, 0.3) is 0 Å². The van der Waals surface area contributed by atoms with E-state index in [1.165, 1.54) is 12.5 Å². The number of hydrogen-bond donors (Lipinski definition) is 2. The maximum Gasteiger partial charge on any atom is 0.177 e. The first-order chi connectivity index (χ1) is 17.7. The maximum absolute atomic E-state index is 12.1. The van der Waals surface area contributed by atoms with E-state index in [4.69, 9.17) is 0 Å². The molecule has 0 amide bonds. The molecule has 1 fully saturated rings. The van der Waals surface area contributed by atoms with E-state index in [2.05, 4.69) is 36.7 Å². The number of fused-ring (bicyclic) bond motifs is 1. The number of rotatable bonds is 9. The molecule has 2 N–H and O–H groups in total. The Bertz CT molecular complexity index is 1600. The fourth-order valence-electron chi connectivity index (χ4n) is 4.31. The Morgan fingerprint density at radius 1 is 1.11 bits per heavy atom. The number of nitriles is 1. The molecule has 37 heavy (non-hydrogen) atoms. The number of pyridine rings is 1. The molecule has 0 saturated heterocycles. The molecule has 10 nitrogen and oxygen atoms in total. The number of anilines is 4. The topological polar surface area (TPSA) is 128 Å². The van der Waals surface area contributed by atoms with Crippen LogP contribution in [-0.4, -0.2) is 53.3 Å². The Balaban J connectivity index is 1.48.